The number of hydrogen-bond acceptors (Lipinski definition) is 1. The minimum absolute atomic E-state index is 0.0982. The standard InChI is InChI=1S/C11H16ClNO/c1-8(12)11(14)13-6-9-4-2-3-5-10(9)7-13/h2-3,8-10H,4-7H2,1H3. The molecule has 3 heteroatoms. The minimum atomic E-state index is -0.372. The van der Waals surface area contributed by atoms with Gasteiger partial charge in [0.2, 0.25) is 5.91 Å². The fourth-order valence-electron chi connectivity index (χ4n) is 2.45. The summed E-state index contributed by atoms with van der Waals surface area (Å²) in [4.78, 5) is 13.6. The van der Waals surface area contributed by atoms with E-state index in [9.17, 15) is 4.79 Å². The molecule has 1 fully saturated rings. The van der Waals surface area contributed by atoms with Gasteiger partial charge in [-0.25, -0.2) is 0 Å². The predicted octanol–water partition coefficient (Wildman–Crippen LogP) is 2.04. The van der Waals surface area contributed by atoms with E-state index in [4.69, 9.17) is 11.6 Å². The SMILES string of the molecule is CC(Cl)C(=O)N1CC2CC=CCC2C1. The van der Waals surface area contributed by atoms with Crippen LogP contribution in [0.2, 0.25) is 0 Å². The third-order valence-electron chi connectivity index (χ3n) is 3.27. The first-order chi connectivity index (χ1) is 6.68. The lowest BCUT2D eigenvalue weighted by Gasteiger charge is -2.17. The van der Waals surface area contributed by atoms with Crippen LogP contribution >= 0.6 is 11.6 Å². The maximum atomic E-state index is 11.7. The quantitative estimate of drug-likeness (QED) is 0.482. The van der Waals surface area contributed by atoms with Gasteiger partial charge in [-0.15, -0.1) is 11.6 Å². The molecule has 3 atom stereocenters. The number of allylic oxidation sites excluding steroid dienone is 2. The molecule has 0 radical (unpaired) electrons. The van der Waals surface area contributed by atoms with Crippen LogP contribution in [0.1, 0.15) is 19.8 Å². The van der Waals surface area contributed by atoms with Gasteiger partial charge in [-0.1, -0.05) is 12.2 Å². The molecule has 3 unspecified atom stereocenters. The van der Waals surface area contributed by atoms with Gasteiger partial charge < -0.3 is 4.90 Å². The first kappa shape index (κ1) is 10.0. The smallest absolute Gasteiger partial charge is 0.240 e. The molecule has 0 saturated carbocycles. The van der Waals surface area contributed by atoms with E-state index in [1.165, 1.54) is 0 Å². The molecule has 1 saturated heterocycles. The molecule has 0 spiro atoms. The van der Waals surface area contributed by atoms with Crippen LogP contribution in [0.3, 0.4) is 0 Å². The summed E-state index contributed by atoms with van der Waals surface area (Å²) in [6, 6.07) is 0. The number of amides is 1. The first-order valence-electron chi connectivity index (χ1n) is 5.26. The van der Waals surface area contributed by atoms with Crippen molar-refractivity contribution in [3.8, 4) is 0 Å². The van der Waals surface area contributed by atoms with E-state index < -0.39 is 0 Å². The Labute approximate surface area is 89.9 Å². The zero-order valence-corrected chi connectivity index (χ0v) is 9.20. The van der Waals surface area contributed by atoms with E-state index in [1.807, 2.05) is 4.90 Å². The highest BCUT2D eigenvalue weighted by molar-refractivity contribution is 6.30. The van der Waals surface area contributed by atoms with Crippen molar-refractivity contribution in [2.75, 3.05) is 13.1 Å². The molecule has 0 aromatic carbocycles. The predicted molar refractivity (Wildman–Crippen MR) is 57.2 cm³/mol. The van der Waals surface area contributed by atoms with Crippen LogP contribution in [0.15, 0.2) is 12.2 Å². The number of carbonyl (C=O) groups excluding carboxylic acids is 1. The van der Waals surface area contributed by atoms with Crippen molar-refractivity contribution in [3.63, 3.8) is 0 Å². The van der Waals surface area contributed by atoms with E-state index in [2.05, 4.69) is 12.2 Å². The molecule has 2 rings (SSSR count). The third kappa shape index (κ3) is 1.81. The largest absolute Gasteiger partial charge is 0.341 e. The molecule has 2 nitrogen and oxygen atoms in total. The monoisotopic (exact) mass is 213 g/mol. The Morgan fingerprint density at radius 2 is 1.86 bits per heavy atom. The zero-order chi connectivity index (χ0) is 10.1. The number of hydrogen-bond donors (Lipinski definition) is 0. The van der Waals surface area contributed by atoms with Gasteiger partial charge in [0, 0.05) is 13.1 Å². The van der Waals surface area contributed by atoms with E-state index in [0.717, 1.165) is 25.9 Å². The number of alkyl halides is 1. The second-order valence-corrected chi connectivity index (χ2v) is 4.98. The Morgan fingerprint density at radius 1 is 1.36 bits per heavy atom. The highest BCUT2D eigenvalue weighted by Crippen LogP contribution is 2.33. The Hall–Kier alpha value is -0.500. The lowest BCUT2D eigenvalue weighted by Crippen LogP contribution is -2.34. The van der Waals surface area contributed by atoms with Crippen LogP contribution in [0, 0.1) is 11.8 Å². The molecule has 0 aromatic rings. The van der Waals surface area contributed by atoms with Gasteiger partial charge in [0.15, 0.2) is 0 Å². The van der Waals surface area contributed by atoms with Crippen molar-refractivity contribution in [1.82, 2.24) is 4.90 Å². The molecule has 0 N–H and O–H groups in total. The number of carbonyl (C=O) groups is 1. The van der Waals surface area contributed by atoms with Crippen LogP contribution < -0.4 is 0 Å². The zero-order valence-electron chi connectivity index (χ0n) is 8.45. The topological polar surface area (TPSA) is 20.3 Å². The molecule has 14 heavy (non-hydrogen) atoms. The van der Waals surface area contributed by atoms with Crippen molar-refractivity contribution in [2.24, 2.45) is 11.8 Å². The van der Waals surface area contributed by atoms with Crippen molar-refractivity contribution in [1.29, 1.82) is 0 Å². The maximum Gasteiger partial charge on any atom is 0.240 e. The van der Waals surface area contributed by atoms with Gasteiger partial charge in [0.25, 0.3) is 0 Å². The van der Waals surface area contributed by atoms with Gasteiger partial charge in [-0.05, 0) is 31.6 Å². The summed E-state index contributed by atoms with van der Waals surface area (Å²) in [6.07, 6.45) is 6.73. The van der Waals surface area contributed by atoms with Crippen LogP contribution in [-0.2, 0) is 4.79 Å². The highest BCUT2D eigenvalue weighted by Gasteiger charge is 2.35. The van der Waals surface area contributed by atoms with Crippen molar-refractivity contribution < 1.29 is 4.79 Å². The minimum Gasteiger partial charge on any atom is -0.341 e. The summed E-state index contributed by atoms with van der Waals surface area (Å²) in [5.74, 6) is 1.46. The first-order valence-corrected chi connectivity index (χ1v) is 5.70. The summed E-state index contributed by atoms with van der Waals surface area (Å²) in [6.45, 7) is 3.57. The van der Waals surface area contributed by atoms with Crippen LogP contribution in [0.5, 0.6) is 0 Å². The van der Waals surface area contributed by atoms with Crippen LogP contribution in [-0.4, -0.2) is 29.3 Å². The van der Waals surface area contributed by atoms with Gasteiger partial charge in [-0.2, -0.15) is 0 Å². The molecule has 1 aliphatic heterocycles. The third-order valence-corrected chi connectivity index (χ3v) is 3.46. The van der Waals surface area contributed by atoms with Gasteiger partial charge in [-0.3, -0.25) is 4.79 Å². The Bertz CT molecular complexity index is 246. The van der Waals surface area contributed by atoms with Crippen molar-refractivity contribution in [2.45, 2.75) is 25.1 Å². The van der Waals surface area contributed by atoms with E-state index >= 15 is 0 Å². The number of halogens is 1. The molecule has 2 aliphatic rings. The summed E-state index contributed by atoms with van der Waals surface area (Å²) in [5.41, 5.74) is 0. The van der Waals surface area contributed by atoms with Crippen molar-refractivity contribution >= 4 is 17.5 Å². The molecule has 0 aromatic heterocycles. The molecular weight excluding hydrogens is 198 g/mol. The number of nitrogens with zero attached hydrogens (tertiary/aromatic N) is 1. The Kier molecular flexibility index (Phi) is 2.82. The normalized spacial score (nSPS) is 32.9. The summed E-state index contributed by atoms with van der Waals surface area (Å²) in [5, 5.41) is -0.372. The molecule has 78 valence electrons. The van der Waals surface area contributed by atoms with Gasteiger partial charge >= 0.3 is 0 Å². The van der Waals surface area contributed by atoms with Gasteiger partial charge in [0.05, 0.1) is 0 Å². The lowest BCUT2D eigenvalue weighted by molar-refractivity contribution is -0.129. The van der Waals surface area contributed by atoms with E-state index in [1.54, 1.807) is 6.92 Å². The molecule has 1 heterocycles. The van der Waals surface area contributed by atoms with Crippen molar-refractivity contribution in [3.05, 3.63) is 12.2 Å². The Balaban J connectivity index is 1.98. The second kappa shape index (κ2) is 3.93. The van der Waals surface area contributed by atoms with Crippen LogP contribution in [0.25, 0.3) is 0 Å². The molecule has 0 bridgehead atoms. The molecule has 1 aliphatic carbocycles. The summed E-state index contributed by atoms with van der Waals surface area (Å²) < 4.78 is 0. The van der Waals surface area contributed by atoms with Crippen LogP contribution in [0.4, 0.5) is 0 Å². The molecule has 1 amide bonds. The van der Waals surface area contributed by atoms with E-state index in [-0.39, 0.29) is 11.3 Å². The van der Waals surface area contributed by atoms with E-state index in [0.29, 0.717) is 11.8 Å². The lowest BCUT2D eigenvalue weighted by atomic mass is 9.86. The highest BCUT2D eigenvalue weighted by atomic mass is 35.5. The Morgan fingerprint density at radius 3 is 2.29 bits per heavy atom. The fraction of sp³-hybridized carbons (Fsp3) is 0.727. The summed E-state index contributed by atoms with van der Waals surface area (Å²) >= 11 is 5.80. The summed E-state index contributed by atoms with van der Waals surface area (Å²) in [7, 11) is 0. The van der Waals surface area contributed by atoms with Gasteiger partial charge in [0.1, 0.15) is 5.38 Å². The second-order valence-electron chi connectivity index (χ2n) is 4.32. The maximum absolute atomic E-state index is 11.7. The average Bonchev–Trinajstić information content (AvgIpc) is 2.59. The molecular formula is C11H16ClNO. The average molecular weight is 214 g/mol. The number of likely N-dealkylation sites (tertiary alicyclic amines) is 1. The number of rotatable bonds is 1. The fourth-order valence-corrected chi connectivity index (χ4v) is 2.58. The number of fused-ring (bicyclic) bond motifs is 1.